The van der Waals surface area contributed by atoms with Crippen LogP contribution in [0.15, 0.2) is 62.3 Å². The summed E-state index contributed by atoms with van der Waals surface area (Å²) >= 11 is 10.8. The molecule has 0 fully saturated rings. The number of aromatic nitrogens is 2. The number of hydrogen-bond acceptors (Lipinski definition) is 5. The Balaban J connectivity index is 1.49. The maximum absolute atomic E-state index is 12.0. The number of hydrogen-bond donors (Lipinski definition) is 1. The summed E-state index contributed by atoms with van der Waals surface area (Å²) < 4.78 is 6.43. The van der Waals surface area contributed by atoms with Gasteiger partial charge in [-0.3, -0.25) is 10.1 Å². The highest BCUT2D eigenvalue weighted by Gasteiger charge is 2.11. The van der Waals surface area contributed by atoms with Crippen molar-refractivity contribution in [3.8, 4) is 11.5 Å². The van der Waals surface area contributed by atoms with Gasteiger partial charge < -0.3 is 4.42 Å². The molecule has 0 unspecified atom stereocenters. The normalized spacial score (nSPS) is 10.6. The van der Waals surface area contributed by atoms with Gasteiger partial charge in [-0.05, 0) is 48.5 Å². The molecule has 1 amide bonds. The van der Waals surface area contributed by atoms with Gasteiger partial charge in [-0.25, -0.2) is 0 Å². The molecule has 8 heteroatoms. The molecule has 2 aromatic carbocycles. The quantitative estimate of drug-likeness (QED) is 0.531. The molecule has 0 saturated carbocycles. The summed E-state index contributed by atoms with van der Waals surface area (Å²) in [6.07, 6.45) is 0.337. The maximum atomic E-state index is 12.0. The highest BCUT2D eigenvalue weighted by molar-refractivity contribution is 9.10. The summed E-state index contributed by atoms with van der Waals surface area (Å²) in [5.74, 6) is 0.826. The van der Waals surface area contributed by atoms with Crippen molar-refractivity contribution >= 4 is 51.2 Å². The van der Waals surface area contributed by atoms with Crippen LogP contribution in [0.1, 0.15) is 6.42 Å². The first-order valence-corrected chi connectivity index (χ1v) is 9.53. The zero-order valence-corrected chi connectivity index (χ0v) is 16.1. The number of halogens is 2. The molecule has 0 radical (unpaired) electrons. The Bertz CT molecular complexity index is 853. The average Bonchev–Trinajstić information content (AvgIpc) is 3.06. The second kappa shape index (κ2) is 8.51. The fourth-order valence-electron chi connectivity index (χ4n) is 1.96. The van der Waals surface area contributed by atoms with Crippen LogP contribution in [0.4, 0.5) is 6.01 Å². The molecule has 0 spiro atoms. The molecule has 0 saturated heterocycles. The van der Waals surface area contributed by atoms with E-state index in [4.69, 9.17) is 16.0 Å². The summed E-state index contributed by atoms with van der Waals surface area (Å²) in [4.78, 5) is 13.0. The lowest BCUT2D eigenvalue weighted by Crippen LogP contribution is -2.12. The summed E-state index contributed by atoms with van der Waals surface area (Å²) in [6, 6.07) is 15.1. The van der Waals surface area contributed by atoms with Gasteiger partial charge in [0.25, 0.3) is 0 Å². The summed E-state index contributed by atoms with van der Waals surface area (Å²) in [6.45, 7) is 0. The largest absolute Gasteiger partial charge is 0.403 e. The Labute approximate surface area is 162 Å². The Kier molecular flexibility index (Phi) is 6.12. The van der Waals surface area contributed by atoms with Gasteiger partial charge in [0.1, 0.15) is 0 Å². The lowest BCUT2D eigenvalue weighted by molar-refractivity contribution is -0.115. The van der Waals surface area contributed by atoms with E-state index in [-0.39, 0.29) is 11.9 Å². The smallest absolute Gasteiger partial charge is 0.322 e. The van der Waals surface area contributed by atoms with Crippen molar-refractivity contribution in [1.29, 1.82) is 0 Å². The van der Waals surface area contributed by atoms with Gasteiger partial charge in [0.05, 0.1) is 0 Å². The maximum Gasteiger partial charge on any atom is 0.322 e. The van der Waals surface area contributed by atoms with Crippen molar-refractivity contribution in [2.24, 2.45) is 0 Å². The minimum atomic E-state index is -0.174. The second-order valence-electron chi connectivity index (χ2n) is 5.02. The van der Waals surface area contributed by atoms with Crippen molar-refractivity contribution in [3.63, 3.8) is 0 Å². The molecule has 1 N–H and O–H groups in total. The number of rotatable bonds is 6. The van der Waals surface area contributed by atoms with Crippen LogP contribution in [-0.2, 0) is 4.79 Å². The van der Waals surface area contributed by atoms with E-state index in [1.54, 1.807) is 11.8 Å². The average molecular weight is 439 g/mol. The number of thioether (sulfide) groups is 1. The second-order valence-corrected chi connectivity index (χ2v) is 7.54. The van der Waals surface area contributed by atoms with Crippen LogP contribution in [-0.4, -0.2) is 21.9 Å². The minimum absolute atomic E-state index is 0.0967. The predicted octanol–water partition coefficient (Wildman–Crippen LogP) is 5.27. The molecule has 1 heterocycles. The number of amides is 1. The van der Waals surface area contributed by atoms with Gasteiger partial charge in [-0.15, -0.1) is 16.9 Å². The van der Waals surface area contributed by atoms with Gasteiger partial charge >= 0.3 is 6.01 Å². The number of carbonyl (C=O) groups is 1. The molecule has 3 rings (SSSR count). The van der Waals surface area contributed by atoms with E-state index in [2.05, 4.69) is 31.4 Å². The first-order valence-electron chi connectivity index (χ1n) is 7.38. The molecule has 3 aromatic rings. The van der Waals surface area contributed by atoms with E-state index in [1.807, 2.05) is 48.5 Å². The zero-order valence-electron chi connectivity index (χ0n) is 12.9. The van der Waals surface area contributed by atoms with Crippen LogP contribution >= 0.6 is 39.3 Å². The molecule has 0 aliphatic heterocycles. The number of benzene rings is 2. The standard InChI is InChI=1S/C17H13BrClN3O2S/c18-12-3-1-11(2-4-12)16-21-22-17(24-16)20-15(23)9-10-25-14-7-5-13(19)6-8-14/h1-8H,9-10H2,(H,20,22,23). The highest BCUT2D eigenvalue weighted by atomic mass is 79.9. The molecule has 0 atom stereocenters. The van der Waals surface area contributed by atoms with Crippen LogP contribution < -0.4 is 5.32 Å². The van der Waals surface area contributed by atoms with Crippen LogP contribution in [0.3, 0.4) is 0 Å². The molecule has 25 heavy (non-hydrogen) atoms. The molecule has 0 bridgehead atoms. The van der Waals surface area contributed by atoms with Gasteiger partial charge in [0.2, 0.25) is 11.8 Å². The monoisotopic (exact) mass is 437 g/mol. The molecular weight excluding hydrogens is 426 g/mol. The van der Waals surface area contributed by atoms with Crippen molar-refractivity contribution in [2.75, 3.05) is 11.1 Å². The topological polar surface area (TPSA) is 68.0 Å². The Hall–Kier alpha value is -1.83. The number of carbonyl (C=O) groups excluding carboxylic acids is 1. The van der Waals surface area contributed by atoms with E-state index in [0.29, 0.717) is 23.1 Å². The van der Waals surface area contributed by atoms with E-state index in [1.165, 1.54) is 0 Å². The van der Waals surface area contributed by atoms with Gasteiger partial charge in [0, 0.05) is 32.1 Å². The fourth-order valence-corrected chi connectivity index (χ4v) is 3.20. The van der Waals surface area contributed by atoms with Crippen molar-refractivity contribution < 1.29 is 9.21 Å². The van der Waals surface area contributed by atoms with Crippen molar-refractivity contribution in [2.45, 2.75) is 11.3 Å². The van der Waals surface area contributed by atoms with Gasteiger partial charge in [-0.1, -0.05) is 32.6 Å². The first-order chi connectivity index (χ1) is 12.1. The van der Waals surface area contributed by atoms with E-state index < -0.39 is 0 Å². The fraction of sp³-hybridized carbons (Fsp3) is 0.118. The highest BCUT2D eigenvalue weighted by Crippen LogP contribution is 2.23. The molecule has 128 valence electrons. The Morgan fingerprint density at radius 1 is 1.12 bits per heavy atom. The van der Waals surface area contributed by atoms with Gasteiger partial charge in [0.15, 0.2) is 0 Å². The summed E-state index contributed by atoms with van der Waals surface area (Å²) in [7, 11) is 0. The Morgan fingerprint density at radius 2 is 1.84 bits per heavy atom. The van der Waals surface area contributed by atoms with Crippen molar-refractivity contribution in [3.05, 3.63) is 58.0 Å². The SMILES string of the molecule is O=C(CCSc1ccc(Cl)cc1)Nc1nnc(-c2ccc(Br)cc2)o1. The van der Waals surface area contributed by atoms with E-state index in [9.17, 15) is 4.79 Å². The Morgan fingerprint density at radius 3 is 2.56 bits per heavy atom. The summed E-state index contributed by atoms with van der Waals surface area (Å²) in [5.41, 5.74) is 0.787. The zero-order chi connectivity index (χ0) is 17.6. The first kappa shape index (κ1) is 18.0. The van der Waals surface area contributed by atoms with E-state index >= 15 is 0 Å². The number of anilines is 1. The third kappa shape index (κ3) is 5.32. The number of nitrogens with one attached hydrogen (secondary N) is 1. The van der Waals surface area contributed by atoms with Gasteiger partial charge in [-0.2, -0.15) is 0 Å². The molecule has 5 nitrogen and oxygen atoms in total. The van der Waals surface area contributed by atoms with Crippen LogP contribution in [0.2, 0.25) is 5.02 Å². The lowest BCUT2D eigenvalue weighted by Gasteiger charge is -2.02. The van der Waals surface area contributed by atoms with Crippen LogP contribution in [0, 0.1) is 0 Å². The van der Waals surface area contributed by atoms with Crippen molar-refractivity contribution in [1.82, 2.24) is 10.2 Å². The van der Waals surface area contributed by atoms with Crippen LogP contribution in [0.5, 0.6) is 0 Å². The lowest BCUT2D eigenvalue weighted by atomic mass is 10.2. The van der Waals surface area contributed by atoms with Crippen LogP contribution in [0.25, 0.3) is 11.5 Å². The molecule has 0 aliphatic carbocycles. The third-order valence-electron chi connectivity index (χ3n) is 3.17. The van der Waals surface area contributed by atoms with E-state index in [0.717, 1.165) is 14.9 Å². The minimum Gasteiger partial charge on any atom is -0.403 e. The predicted molar refractivity (Wildman–Crippen MR) is 103 cm³/mol. The molecular formula is C17H13BrClN3O2S. The third-order valence-corrected chi connectivity index (χ3v) is 4.97. The summed E-state index contributed by atoms with van der Waals surface area (Å²) in [5, 5.41) is 11.1. The number of nitrogens with zero attached hydrogens (tertiary/aromatic N) is 2. The molecule has 1 aromatic heterocycles. The molecule has 0 aliphatic rings.